The van der Waals surface area contributed by atoms with Gasteiger partial charge in [-0.2, -0.15) is 0 Å². The van der Waals surface area contributed by atoms with Gasteiger partial charge < -0.3 is 14.9 Å². The quantitative estimate of drug-likeness (QED) is 0.551. The van der Waals surface area contributed by atoms with Gasteiger partial charge in [0.05, 0.1) is 18.1 Å². The van der Waals surface area contributed by atoms with Gasteiger partial charge in [0.1, 0.15) is 11.1 Å². The van der Waals surface area contributed by atoms with Gasteiger partial charge in [-0.1, -0.05) is 11.8 Å². The molecular formula is C12H16NNaO5S. The molecule has 3 rings (SSSR count). The van der Waals surface area contributed by atoms with Crippen LogP contribution in [0.4, 0.5) is 0 Å². The van der Waals surface area contributed by atoms with Crippen molar-refractivity contribution in [3.8, 4) is 0 Å². The summed E-state index contributed by atoms with van der Waals surface area (Å²) in [5.74, 6) is -1.92. The predicted octanol–water partition coefficient (Wildman–Crippen LogP) is -0.275. The Morgan fingerprint density at radius 2 is 2.25 bits per heavy atom. The number of β-lactam (4-membered cyclic amide) rings is 1. The van der Waals surface area contributed by atoms with Crippen LogP contribution >= 0.6 is 11.8 Å². The summed E-state index contributed by atoms with van der Waals surface area (Å²) in [5.41, 5.74) is 0.0452. The van der Waals surface area contributed by atoms with Crippen LogP contribution in [0.15, 0.2) is 10.6 Å². The fraction of sp³-hybridized carbons (Fsp3) is 0.667. The second kappa shape index (κ2) is 5.98. The van der Waals surface area contributed by atoms with E-state index < -0.39 is 18.0 Å². The summed E-state index contributed by atoms with van der Waals surface area (Å²) in [7, 11) is 0. The van der Waals surface area contributed by atoms with E-state index in [1.165, 1.54) is 16.7 Å². The van der Waals surface area contributed by atoms with E-state index in [-0.39, 0.29) is 52.6 Å². The van der Waals surface area contributed by atoms with Crippen molar-refractivity contribution in [2.24, 2.45) is 5.92 Å². The van der Waals surface area contributed by atoms with Crippen molar-refractivity contribution in [3.05, 3.63) is 10.6 Å². The molecule has 3 heterocycles. The van der Waals surface area contributed by atoms with Crippen molar-refractivity contribution in [1.29, 1.82) is 0 Å². The van der Waals surface area contributed by atoms with Crippen molar-refractivity contribution in [2.45, 2.75) is 37.3 Å². The molecule has 0 aromatic rings. The zero-order valence-corrected chi connectivity index (χ0v) is 11.2. The molecule has 6 nitrogen and oxygen atoms in total. The maximum absolute atomic E-state index is 12.0. The Morgan fingerprint density at radius 1 is 1.55 bits per heavy atom. The summed E-state index contributed by atoms with van der Waals surface area (Å²) in [6, 6.07) is 0. The average Bonchev–Trinajstić information content (AvgIpc) is 2.92. The van der Waals surface area contributed by atoms with Crippen LogP contribution in [0.25, 0.3) is 0 Å². The van der Waals surface area contributed by atoms with E-state index in [0.29, 0.717) is 11.5 Å². The Balaban J connectivity index is 0.00000147. The Bertz CT molecular complexity index is 474. The first kappa shape index (κ1) is 16.3. The molecule has 4 atom stereocenters. The number of ether oxygens (including phenoxy) is 1. The van der Waals surface area contributed by atoms with Gasteiger partial charge in [-0.3, -0.25) is 9.69 Å². The van der Waals surface area contributed by atoms with Gasteiger partial charge in [-0.15, -0.1) is 0 Å². The van der Waals surface area contributed by atoms with Crippen molar-refractivity contribution < 1.29 is 24.5 Å². The molecule has 2 N–H and O–H groups in total. The number of aliphatic hydroxyl groups excluding tert-OH is 1. The second-order valence-electron chi connectivity index (χ2n) is 5.00. The number of hydrogen-bond donors (Lipinski definition) is 2. The third kappa shape index (κ3) is 2.34. The Morgan fingerprint density at radius 3 is 2.75 bits per heavy atom. The van der Waals surface area contributed by atoms with Crippen molar-refractivity contribution in [3.63, 3.8) is 0 Å². The molecule has 0 bridgehead atoms. The fourth-order valence-corrected chi connectivity index (χ4v) is 4.52. The number of fused-ring (bicyclic) bond motifs is 1. The molecule has 2 fully saturated rings. The van der Waals surface area contributed by atoms with E-state index in [1.54, 1.807) is 6.92 Å². The molecule has 0 aliphatic carbocycles. The van der Waals surface area contributed by atoms with E-state index in [4.69, 9.17) is 4.74 Å². The van der Waals surface area contributed by atoms with Crippen LogP contribution in [0.3, 0.4) is 0 Å². The molecule has 0 unspecified atom stereocenters. The maximum atomic E-state index is 12.0. The summed E-state index contributed by atoms with van der Waals surface area (Å²) < 4.78 is 5.53. The zero-order valence-electron chi connectivity index (χ0n) is 10.4. The predicted molar refractivity (Wildman–Crippen MR) is 74.2 cm³/mol. The van der Waals surface area contributed by atoms with Crippen LogP contribution in [-0.4, -0.2) is 80.7 Å². The van der Waals surface area contributed by atoms with Crippen LogP contribution in [0.2, 0.25) is 0 Å². The van der Waals surface area contributed by atoms with Crippen LogP contribution < -0.4 is 0 Å². The summed E-state index contributed by atoms with van der Waals surface area (Å²) in [5, 5.41) is 18.6. The molecule has 0 saturated carbocycles. The Hall–Kier alpha value is -0.0500. The van der Waals surface area contributed by atoms with Gasteiger partial charge in [0.25, 0.3) is 0 Å². The number of aliphatic carboxylic acids is 1. The molecule has 0 aromatic heterocycles. The minimum absolute atomic E-state index is 0. The topological polar surface area (TPSA) is 87.1 Å². The summed E-state index contributed by atoms with van der Waals surface area (Å²) in [4.78, 5) is 25.3. The number of nitrogens with zero attached hydrogens (tertiary/aromatic N) is 1. The number of thioether (sulfide) groups is 1. The Labute approximate surface area is 142 Å². The molecule has 0 aromatic carbocycles. The third-order valence-corrected chi connectivity index (χ3v) is 5.21. The van der Waals surface area contributed by atoms with Crippen LogP contribution in [0, 0.1) is 5.92 Å². The molecule has 20 heavy (non-hydrogen) atoms. The number of aliphatic hydroxyl groups is 1. The number of amides is 1. The third-order valence-electron chi connectivity index (χ3n) is 3.75. The van der Waals surface area contributed by atoms with E-state index in [9.17, 15) is 19.8 Å². The molecule has 2 saturated heterocycles. The minimum atomic E-state index is -1.10. The van der Waals surface area contributed by atoms with E-state index in [0.717, 1.165) is 12.8 Å². The van der Waals surface area contributed by atoms with Crippen molar-refractivity contribution in [2.75, 3.05) is 6.61 Å². The summed E-state index contributed by atoms with van der Waals surface area (Å²) in [6.45, 7) is 2.19. The van der Waals surface area contributed by atoms with Gasteiger partial charge in [-0.25, -0.2) is 4.79 Å². The number of carboxylic acids is 1. The summed E-state index contributed by atoms with van der Waals surface area (Å²) in [6.07, 6.45) is 0.706. The first-order valence-electron chi connectivity index (χ1n) is 6.29. The molecule has 3 aliphatic heterocycles. The molecular weight excluding hydrogens is 293 g/mol. The number of hydrogen-bond acceptors (Lipinski definition) is 5. The standard InChI is InChI=1S/C12H15NO5S.Na.H/c1-5(14)7-10(15)13-8(12(16)17)9(19-11(7)13)6-3-2-4-18-6;;/h5-7,11,14H,2-4H2,1H3,(H,16,17);;/t5-,6+,7+,11-;;/m1../s1. The summed E-state index contributed by atoms with van der Waals surface area (Å²) >= 11 is 1.35. The number of carbonyl (C=O) groups is 2. The first-order valence-corrected chi connectivity index (χ1v) is 7.17. The Kier molecular flexibility index (Phi) is 4.88. The molecule has 106 valence electrons. The number of rotatable bonds is 3. The van der Waals surface area contributed by atoms with Crippen molar-refractivity contribution in [1.82, 2.24) is 4.90 Å². The first-order chi connectivity index (χ1) is 9.02. The van der Waals surface area contributed by atoms with Gasteiger partial charge in [-0.05, 0) is 19.8 Å². The molecule has 3 aliphatic rings. The van der Waals surface area contributed by atoms with E-state index in [1.807, 2.05) is 0 Å². The van der Waals surface area contributed by atoms with Gasteiger partial charge >= 0.3 is 35.5 Å². The second-order valence-corrected chi connectivity index (χ2v) is 6.16. The SMILES string of the molecule is C[C@@H](O)[C@H]1C(=O)N2C(C(=O)O)=C([C@@H]3CCCO3)S[C@H]12.[NaH]. The zero-order chi connectivity index (χ0) is 13.7. The van der Waals surface area contributed by atoms with Gasteiger partial charge in [0, 0.05) is 11.5 Å². The number of carboxylic acid groups (broad SMARTS) is 1. The van der Waals surface area contributed by atoms with Crippen molar-refractivity contribution >= 4 is 53.2 Å². The average molecular weight is 309 g/mol. The molecule has 8 heteroatoms. The molecule has 0 spiro atoms. The van der Waals surface area contributed by atoms with Gasteiger partial charge in [0.15, 0.2) is 0 Å². The van der Waals surface area contributed by atoms with Crippen LogP contribution in [0.1, 0.15) is 19.8 Å². The van der Waals surface area contributed by atoms with E-state index >= 15 is 0 Å². The monoisotopic (exact) mass is 309 g/mol. The molecule has 0 radical (unpaired) electrons. The van der Waals surface area contributed by atoms with Crippen LogP contribution in [-0.2, 0) is 14.3 Å². The van der Waals surface area contributed by atoms with E-state index in [2.05, 4.69) is 0 Å². The normalized spacial score (nSPS) is 33.6. The van der Waals surface area contributed by atoms with Gasteiger partial charge in [0.2, 0.25) is 5.91 Å². The molecule has 1 amide bonds. The number of carbonyl (C=O) groups excluding carboxylic acids is 1. The van der Waals surface area contributed by atoms with Crippen LogP contribution in [0.5, 0.6) is 0 Å². The fourth-order valence-electron chi connectivity index (χ4n) is 2.82.